The molecule has 1 unspecified atom stereocenters. The van der Waals surface area contributed by atoms with Crippen LogP contribution in [0.3, 0.4) is 0 Å². The van der Waals surface area contributed by atoms with Crippen LogP contribution in [0, 0.1) is 0 Å². The lowest BCUT2D eigenvalue weighted by atomic mass is 10.0. The lowest BCUT2D eigenvalue weighted by Crippen LogP contribution is -2.36. The molecule has 1 heterocycles. The minimum atomic E-state index is -1.67. The van der Waals surface area contributed by atoms with Gasteiger partial charge >= 0.3 is 6.10 Å². The highest BCUT2D eigenvalue weighted by Gasteiger charge is 2.47. The van der Waals surface area contributed by atoms with Gasteiger partial charge in [0.2, 0.25) is 0 Å². The molecule has 1 atom stereocenters. The number of rotatable bonds is 5. The van der Waals surface area contributed by atoms with Crippen molar-refractivity contribution in [1.29, 1.82) is 0 Å². The van der Waals surface area contributed by atoms with Gasteiger partial charge in [0.1, 0.15) is 5.71 Å². The summed E-state index contributed by atoms with van der Waals surface area (Å²) in [5.41, 5.74) is 1.63. The summed E-state index contributed by atoms with van der Waals surface area (Å²) in [6.45, 7) is 3.53. The second-order valence-electron chi connectivity index (χ2n) is 5.74. The van der Waals surface area contributed by atoms with Crippen molar-refractivity contribution in [3.63, 3.8) is 0 Å². The number of hydrogen-bond acceptors (Lipinski definition) is 6. The Hall–Kier alpha value is -2.57. The van der Waals surface area contributed by atoms with Crippen molar-refractivity contribution in [2.75, 3.05) is 7.11 Å². The van der Waals surface area contributed by atoms with Crippen molar-refractivity contribution >= 4 is 5.71 Å². The van der Waals surface area contributed by atoms with Crippen molar-refractivity contribution in [3.05, 3.63) is 71.8 Å². The van der Waals surface area contributed by atoms with E-state index in [1.54, 1.807) is 13.8 Å². The molecule has 124 valence electrons. The van der Waals surface area contributed by atoms with Crippen LogP contribution in [-0.2, 0) is 14.3 Å². The number of nitrogens with zero attached hydrogens (tertiary/aromatic N) is 3. The molecule has 1 aliphatic rings. The van der Waals surface area contributed by atoms with E-state index in [0.29, 0.717) is 5.71 Å². The zero-order valence-corrected chi connectivity index (χ0v) is 13.8. The SMILES string of the molecule is COC1(ON=C(c2ccccc2)c2ccccc2)N=NC(C)(C)O1. The molecular weight excluding hydrogens is 306 g/mol. The van der Waals surface area contributed by atoms with Crippen molar-refractivity contribution < 1.29 is 14.3 Å². The standard InChI is InChI=1S/C18H19N3O3/c1-17(2)20-21-18(22-3,23-17)24-19-16(14-10-6-4-7-11-14)15-12-8-5-9-13-15/h4-13H,1-3H3. The Morgan fingerprint density at radius 3 is 1.88 bits per heavy atom. The molecule has 2 aromatic carbocycles. The second-order valence-corrected chi connectivity index (χ2v) is 5.74. The molecule has 0 saturated carbocycles. The molecule has 0 spiro atoms. The zero-order chi connectivity index (χ0) is 17.0. The van der Waals surface area contributed by atoms with Crippen LogP contribution in [0.1, 0.15) is 25.0 Å². The van der Waals surface area contributed by atoms with Gasteiger partial charge in [-0.1, -0.05) is 70.9 Å². The largest absolute Gasteiger partial charge is 0.481 e. The van der Waals surface area contributed by atoms with E-state index in [-0.39, 0.29) is 0 Å². The summed E-state index contributed by atoms with van der Waals surface area (Å²) >= 11 is 0. The first-order valence-electron chi connectivity index (χ1n) is 7.60. The van der Waals surface area contributed by atoms with E-state index in [0.717, 1.165) is 11.1 Å². The van der Waals surface area contributed by atoms with Gasteiger partial charge in [-0.05, 0) is 13.8 Å². The number of ether oxygens (including phenoxy) is 2. The minimum Gasteiger partial charge on any atom is -0.307 e. The van der Waals surface area contributed by atoms with Crippen LogP contribution < -0.4 is 0 Å². The Labute approximate surface area is 140 Å². The van der Waals surface area contributed by atoms with Crippen LogP contribution in [0.5, 0.6) is 0 Å². The van der Waals surface area contributed by atoms with Gasteiger partial charge in [-0.3, -0.25) is 9.47 Å². The van der Waals surface area contributed by atoms with Crippen molar-refractivity contribution in [2.24, 2.45) is 15.4 Å². The molecule has 0 fully saturated rings. The highest BCUT2D eigenvalue weighted by molar-refractivity contribution is 6.12. The van der Waals surface area contributed by atoms with E-state index in [1.165, 1.54) is 7.11 Å². The molecule has 0 N–H and O–H groups in total. The van der Waals surface area contributed by atoms with Gasteiger partial charge in [-0.2, -0.15) is 0 Å². The van der Waals surface area contributed by atoms with E-state index in [2.05, 4.69) is 15.4 Å². The maximum absolute atomic E-state index is 5.62. The molecule has 0 amide bonds. The minimum absolute atomic E-state index is 0.649. The Kier molecular flexibility index (Phi) is 4.42. The molecule has 0 saturated heterocycles. The summed E-state index contributed by atoms with van der Waals surface area (Å²) in [5.74, 6) is 0. The lowest BCUT2D eigenvalue weighted by molar-refractivity contribution is -0.376. The average Bonchev–Trinajstić information content (AvgIpc) is 2.93. The van der Waals surface area contributed by atoms with Gasteiger partial charge in [-0.15, -0.1) is 5.11 Å². The fourth-order valence-corrected chi connectivity index (χ4v) is 2.26. The summed E-state index contributed by atoms with van der Waals surface area (Å²) < 4.78 is 10.9. The fourth-order valence-electron chi connectivity index (χ4n) is 2.26. The molecule has 0 aliphatic carbocycles. The second kappa shape index (κ2) is 6.51. The Morgan fingerprint density at radius 1 is 0.917 bits per heavy atom. The normalized spacial score (nSPS) is 21.5. The predicted molar refractivity (Wildman–Crippen MR) is 89.4 cm³/mol. The molecular formula is C18H19N3O3. The first-order chi connectivity index (χ1) is 11.5. The maximum atomic E-state index is 5.62. The molecule has 0 radical (unpaired) electrons. The van der Waals surface area contributed by atoms with Gasteiger partial charge in [0.15, 0.2) is 5.72 Å². The average molecular weight is 325 g/mol. The molecule has 6 nitrogen and oxygen atoms in total. The molecule has 6 heteroatoms. The first-order valence-corrected chi connectivity index (χ1v) is 7.60. The third kappa shape index (κ3) is 3.50. The monoisotopic (exact) mass is 325 g/mol. The number of hydrogen-bond donors (Lipinski definition) is 0. The van der Waals surface area contributed by atoms with E-state index in [1.807, 2.05) is 60.7 Å². The molecule has 0 aromatic heterocycles. The summed E-state index contributed by atoms with van der Waals surface area (Å²) in [6, 6.07) is 19.5. The summed E-state index contributed by atoms with van der Waals surface area (Å²) in [4.78, 5) is 5.53. The maximum Gasteiger partial charge on any atom is 0.481 e. The van der Waals surface area contributed by atoms with E-state index in [9.17, 15) is 0 Å². The summed E-state index contributed by atoms with van der Waals surface area (Å²) in [5, 5.41) is 12.2. The van der Waals surface area contributed by atoms with Crippen molar-refractivity contribution in [1.82, 2.24) is 0 Å². The van der Waals surface area contributed by atoms with Gasteiger partial charge in [0.25, 0.3) is 0 Å². The Balaban J connectivity index is 1.95. The highest BCUT2D eigenvalue weighted by atomic mass is 16.9. The number of benzene rings is 2. The highest BCUT2D eigenvalue weighted by Crippen LogP contribution is 2.33. The number of oxime groups is 1. The smallest absolute Gasteiger partial charge is 0.307 e. The third-order valence-electron chi connectivity index (χ3n) is 3.40. The molecule has 3 rings (SSSR count). The fraction of sp³-hybridized carbons (Fsp3) is 0.278. The van der Waals surface area contributed by atoms with Crippen LogP contribution >= 0.6 is 0 Å². The van der Waals surface area contributed by atoms with Gasteiger partial charge in [0.05, 0.1) is 0 Å². The van der Waals surface area contributed by atoms with Gasteiger partial charge in [-0.25, -0.2) is 0 Å². The zero-order valence-electron chi connectivity index (χ0n) is 13.8. The third-order valence-corrected chi connectivity index (χ3v) is 3.40. The molecule has 1 aliphatic heterocycles. The topological polar surface area (TPSA) is 64.8 Å². The van der Waals surface area contributed by atoms with Gasteiger partial charge in [0, 0.05) is 18.2 Å². The van der Waals surface area contributed by atoms with Crippen LogP contribution in [0.15, 0.2) is 76.0 Å². The van der Waals surface area contributed by atoms with Crippen LogP contribution in [0.4, 0.5) is 0 Å². The predicted octanol–water partition coefficient (Wildman–Crippen LogP) is 3.93. The van der Waals surface area contributed by atoms with E-state index < -0.39 is 11.8 Å². The first kappa shape index (κ1) is 16.3. The van der Waals surface area contributed by atoms with Crippen LogP contribution in [0.2, 0.25) is 0 Å². The quantitative estimate of drug-likeness (QED) is 0.475. The van der Waals surface area contributed by atoms with E-state index >= 15 is 0 Å². The van der Waals surface area contributed by atoms with Crippen LogP contribution in [-0.4, -0.2) is 24.6 Å². The summed E-state index contributed by atoms with van der Waals surface area (Å²) in [7, 11) is 1.43. The summed E-state index contributed by atoms with van der Waals surface area (Å²) in [6.07, 6.45) is -1.67. The van der Waals surface area contributed by atoms with Gasteiger partial charge < -0.3 is 4.84 Å². The lowest BCUT2D eigenvalue weighted by Gasteiger charge is -2.23. The molecule has 2 aromatic rings. The number of methoxy groups -OCH3 is 1. The van der Waals surface area contributed by atoms with Crippen molar-refractivity contribution in [3.8, 4) is 0 Å². The van der Waals surface area contributed by atoms with E-state index in [4.69, 9.17) is 14.3 Å². The Bertz CT molecular complexity index is 703. The van der Waals surface area contributed by atoms with Crippen molar-refractivity contribution in [2.45, 2.75) is 25.7 Å². The molecule has 24 heavy (non-hydrogen) atoms. The van der Waals surface area contributed by atoms with Crippen LogP contribution in [0.25, 0.3) is 0 Å². The number of azo groups is 1. The Morgan fingerprint density at radius 2 is 1.46 bits per heavy atom. The molecule has 0 bridgehead atoms.